The minimum atomic E-state index is 0.580. The van der Waals surface area contributed by atoms with Gasteiger partial charge in [-0.15, -0.1) is 0 Å². The first-order valence-corrected chi connectivity index (χ1v) is 8.77. The second-order valence-electron chi connectivity index (χ2n) is 6.72. The summed E-state index contributed by atoms with van der Waals surface area (Å²) in [4.78, 5) is 2.63. The largest absolute Gasteiger partial charge is 0.314 e. The van der Waals surface area contributed by atoms with Crippen molar-refractivity contribution in [3.8, 4) is 0 Å². The van der Waals surface area contributed by atoms with Crippen molar-refractivity contribution < 1.29 is 0 Å². The first-order valence-electron chi connectivity index (χ1n) is 8.77. The van der Waals surface area contributed by atoms with Gasteiger partial charge in [-0.05, 0) is 50.0 Å². The van der Waals surface area contributed by atoms with E-state index in [0.29, 0.717) is 6.04 Å². The van der Waals surface area contributed by atoms with Crippen molar-refractivity contribution in [3.63, 3.8) is 0 Å². The lowest BCUT2D eigenvalue weighted by molar-refractivity contribution is 0.240. The number of nitrogens with zero attached hydrogens (tertiary/aromatic N) is 1. The van der Waals surface area contributed by atoms with Crippen LogP contribution in [0.25, 0.3) is 0 Å². The molecule has 0 atom stereocenters. The molecule has 1 saturated heterocycles. The number of hydrogen-bond donors (Lipinski definition) is 1. The van der Waals surface area contributed by atoms with E-state index >= 15 is 0 Å². The van der Waals surface area contributed by atoms with Gasteiger partial charge >= 0.3 is 0 Å². The van der Waals surface area contributed by atoms with Crippen molar-refractivity contribution in [2.45, 2.75) is 65.0 Å². The molecule has 2 heteroatoms. The highest BCUT2D eigenvalue weighted by Crippen LogP contribution is 2.14. The summed E-state index contributed by atoms with van der Waals surface area (Å²) in [5.74, 6) is 0. The minimum Gasteiger partial charge on any atom is -0.314 e. The van der Waals surface area contributed by atoms with Crippen molar-refractivity contribution in [1.29, 1.82) is 0 Å². The topological polar surface area (TPSA) is 15.3 Å². The van der Waals surface area contributed by atoms with Crippen LogP contribution in [-0.4, -0.2) is 30.6 Å². The Morgan fingerprint density at radius 2 is 1.48 bits per heavy atom. The molecule has 2 rings (SSSR count). The van der Waals surface area contributed by atoms with Crippen molar-refractivity contribution >= 4 is 0 Å². The van der Waals surface area contributed by atoms with Gasteiger partial charge in [0.2, 0.25) is 0 Å². The molecule has 0 saturated carbocycles. The number of likely N-dealkylation sites (tertiary alicyclic amines) is 1. The number of hydrogen-bond acceptors (Lipinski definition) is 2. The van der Waals surface area contributed by atoms with E-state index in [0.717, 1.165) is 19.5 Å². The SMILES string of the molecule is CC(C)NCCc1ccc(CN2CCCCCCC2)cc1. The third-order valence-corrected chi connectivity index (χ3v) is 4.34. The van der Waals surface area contributed by atoms with Gasteiger partial charge in [-0.2, -0.15) is 0 Å². The molecule has 0 aliphatic carbocycles. The molecule has 1 aliphatic heterocycles. The van der Waals surface area contributed by atoms with E-state index < -0.39 is 0 Å². The summed E-state index contributed by atoms with van der Waals surface area (Å²) >= 11 is 0. The van der Waals surface area contributed by atoms with Gasteiger partial charge in [-0.25, -0.2) is 0 Å². The highest BCUT2D eigenvalue weighted by atomic mass is 15.1. The molecule has 0 amide bonds. The molecule has 1 aromatic carbocycles. The zero-order valence-electron chi connectivity index (χ0n) is 13.9. The van der Waals surface area contributed by atoms with Crippen LogP contribution in [0.5, 0.6) is 0 Å². The van der Waals surface area contributed by atoms with Crippen molar-refractivity contribution in [1.82, 2.24) is 10.2 Å². The Bertz CT molecular complexity index is 375. The first-order chi connectivity index (χ1) is 10.2. The molecule has 0 unspecified atom stereocenters. The zero-order valence-corrected chi connectivity index (χ0v) is 13.9. The molecule has 21 heavy (non-hydrogen) atoms. The smallest absolute Gasteiger partial charge is 0.0233 e. The van der Waals surface area contributed by atoms with Gasteiger partial charge in [0, 0.05) is 12.6 Å². The van der Waals surface area contributed by atoms with Crippen LogP contribution in [0.15, 0.2) is 24.3 Å². The molecule has 0 aromatic heterocycles. The van der Waals surface area contributed by atoms with Gasteiger partial charge in [-0.3, -0.25) is 4.90 Å². The van der Waals surface area contributed by atoms with E-state index in [-0.39, 0.29) is 0 Å². The predicted octanol–water partition coefficient (Wildman–Crippen LogP) is 3.99. The van der Waals surface area contributed by atoms with Crippen LogP contribution in [0.3, 0.4) is 0 Å². The number of benzene rings is 1. The third kappa shape index (κ3) is 6.62. The lowest BCUT2D eigenvalue weighted by atomic mass is 10.1. The lowest BCUT2D eigenvalue weighted by Crippen LogP contribution is -2.27. The average Bonchev–Trinajstić information content (AvgIpc) is 2.43. The summed E-state index contributed by atoms with van der Waals surface area (Å²) in [5, 5.41) is 3.48. The normalized spacial score (nSPS) is 17.7. The van der Waals surface area contributed by atoms with E-state index in [2.05, 4.69) is 48.3 Å². The summed E-state index contributed by atoms with van der Waals surface area (Å²) in [7, 11) is 0. The Kier molecular flexibility index (Phi) is 7.25. The van der Waals surface area contributed by atoms with E-state index in [1.165, 1.54) is 56.3 Å². The molecule has 1 fully saturated rings. The molecular weight excluding hydrogens is 256 g/mol. The quantitative estimate of drug-likeness (QED) is 0.851. The monoisotopic (exact) mass is 288 g/mol. The number of rotatable bonds is 6. The molecular formula is C19H32N2. The summed E-state index contributed by atoms with van der Waals surface area (Å²) in [6.45, 7) is 9.16. The molecule has 1 aromatic rings. The van der Waals surface area contributed by atoms with Crippen LogP contribution in [0.1, 0.15) is 57.1 Å². The molecule has 1 N–H and O–H groups in total. The standard InChI is InChI=1S/C19H32N2/c1-17(2)20-13-12-18-8-10-19(11-9-18)16-21-14-6-4-3-5-7-15-21/h8-11,17,20H,3-7,12-16H2,1-2H3. The zero-order chi connectivity index (χ0) is 14.9. The fraction of sp³-hybridized carbons (Fsp3) is 0.684. The maximum atomic E-state index is 3.48. The van der Waals surface area contributed by atoms with E-state index in [9.17, 15) is 0 Å². The Hall–Kier alpha value is -0.860. The second-order valence-corrected chi connectivity index (χ2v) is 6.72. The molecule has 0 bridgehead atoms. The minimum absolute atomic E-state index is 0.580. The van der Waals surface area contributed by atoms with Crippen LogP contribution in [-0.2, 0) is 13.0 Å². The second kappa shape index (κ2) is 9.22. The third-order valence-electron chi connectivity index (χ3n) is 4.34. The molecule has 1 aliphatic rings. The van der Waals surface area contributed by atoms with Gasteiger partial charge in [-0.1, -0.05) is 57.4 Å². The summed E-state index contributed by atoms with van der Waals surface area (Å²) in [6.07, 6.45) is 8.14. The lowest BCUT2D eigenvalue weighted by Gasteiger charge is -2.24. The van der Waals surface area contributed by atoms with Gasteiger partial charge in [0.05, 0.1) is 0 Å². The van der Waals surface area contributed by atoms with Crippen molar-refractivity contribution in [2.24, 2.45) is 0 Å². The summed E-state index contributed by atoms with van der Waals surface area (Å²) in [6, 6.07) is 9.84. The summed E-state index contributed by atoms with van der Waals surface area (Å²) in [5.41, 5.74) is 2.91. The maximum Gasteiger partial charge on any atom is 0.0233 e. The van der Waals surface area contributed by atoms with Crippen LogP contribution >= 0.6 is 0 Å². The molecule has 1 heterocycles. The molecule has 2 nitrogen and oxygen atoms in total. The van der Waals surface area contributed by atoms with Crippen molar-refractivity contribution in [2.75, 3.05) is 19.6 Å². The van der Waals surface area contributed by atoms with E-state index in [4.69, 9.17) is 0 Å². The number of nitrogens with one attached hydrogen (secondary N) is 1. The van der Waals surface area contributed by atoms with Gasteiger partial charge < -0.3 is 5.32 Å². The highest BCUT2D eigenvalue weighted by Gasteiger charge is 2.08. The Morgan fingerprint density at radius 3 is 2.10 bits per heavy atom. The Balaban J connectivity index is 1.78. The maximum absolute atomic E-state index is 3.48. The fourth-order valence-corrected chi connectivity index (χ4v) is 3.05. The summed E-state index contributed by atoms with van der Waals surface area (Å²) < 4.78 is 0. The molecule has 0 spiro atoms. The fourth-order valence-electron chi connectivity index (χ4n) is 3.05. The Labute approximate surface area is 130 Å². The van der Waals surface area contributed by atoms with Crippen LogP contribution in [0.4, 0.5) is 0 Å². The van der Waals surface area contributed by atoms with E-state index in [1.54, 1.807) is 0 Å². The average molecular weight is 288 g/mol. The predicted molar refractivity (Wildman–Crippen MR) is 91.6 cm³/mol. The first kappa shape index (κ1) is 16.5. The van der Waals surface area contributed by atoms with Gasteiger partial charge in [0.25, 0.3) is 0 Å². The van der Waals surface area contributed by atoms with E-state index in [1.807, 2.05) is 0 Å². The van der Waals surface area contributed by atoms with Crippen molar-refractivity contribution in [3.05, 3.63) is 35.4 Å². The molecule has 118 valence electrons. The molecule has 0 radical (unpaired) electrons. The Morgan fingerprint density at radius 1 is 0.905 bits per heavy atom. The van der Waals surface area contributed by atoms with Gasteiger partial charge in [0.15, 0.2) is 0 Å². The van der Waals surface area contributed by atoms with Crippen LogP contribution < -0.4 is 5.32 Å². The van der Waals surface area contributed by atoms with Crippen LogP contribution in [0, 0.1) is 0 Å². The van der Waals surface area contributed by atoms with Crippen LogP contribution in [0.2, 0.25) is 0 Å². The highest BCUT2D eigenvalue weighted by molar-refractivity contribution is 5.22. The van der Waals surface area contributed by atoms with Gasteiger partial charge in [0.1, 0.15) is 0 Å².